The van der Waals surface area contributed by atoms with Gasteiger partial charge in [-0.3, -0.25) is 4.79 Å². The molecule has 2 rings (SSSR count). The van der Waals surface area contributed by atoms with Gasteiger partial charge < -0.3 is 0 Å². The maximum Gasteiger partial charge on any atom is 0.276 e. The van der Waals surface area contributed by atoms with Crippen molar-refractivity contribution in [2.75, 3.05) is 0 Å². The summed E-state index contributed by atoms with van der Waals surface area (Å²) >= 11 is 5.73. The fourth-order valence-electron chi connectivity index (χ4n) is 1.40. The fourth-order valence-corrected chi connectivity index (χ4v) is 1.56. The molecule has 2 aromatic heterocycles. The van der Waals surface area contributed by atoms with Crippen LogP contribution in [0.3, 0.4) is 0 Å². The van der Waals surface area contributed by atoms with Gasteiger partial charge in [0.25, 0.3) is 5.56 Å². The van der Waals surface area contributed by atoms with E-state index in [-0.39, 0.29) is 11.6 Å². The van der Waals surface area contributed by atoms with Gasteiger partial charge in [-0.05, 0) is 19.9 Å². The highest BCUT2D eigenvalue weighted by molar-refractivity contribution is 6.30. The Labute approximate surface area is 91.5 Å². The van der Waals surface area contributed by atoms with E-state index in [0.717, 1.165) is 5.39 Å². The summed E-state index contributed by atoms with van der Waals surface area (Å²) in [5, 5.41) is 5.70. The largest absolute Gasteiger partial charge is 0.276 e. The molecule has 0 unspecified atom stereocenters. The van der Waals surface area contributed by atoms with E-state index in [1.165, 1.54) is 10.9 Å². The van der Waals surface area contributed by atoms with E-state index in [0.29, 0.717) is 10.5 Å². The molecule has 15 heavy (non-hydrogen) atoms. The van der Waals surface area contributed by atoms with Crippen LogP contribution in [0.25, 0.3) is 10.8 Å². The number of fused-ring (bicyclic) bond motifs is 1. The molecule has 0 saturated carbocycles. The first-order valence-corrected chi connectivity index (χ1v) is 5.00. The van der Waals surface area contributed by atoms with E-state index < -0.39 is 0 Å². The highest BCUT2D eigenvalue weighted by Crippen LogP contribution is 2.12. The lowest BCUT2D eigenvalue weighted by molar-refractivity contribution is 0.507. The summed E-state index contributed by atoms with van der Waals surface area (Å²) in [5.74, 6) is 0. The molecule has 0 aliphatic rings. The van der Waals surface area contributed by atoms with Crippen molar-refractivity contribution in [2.45, 2.75) is 19.9 Å². The third-order valence-electron chi connectivity index (χ3n) is 2.15. The minimum Gasteiger partial charge on any atom is -0.267 e. The summed E-state index contributed by atoms with van der Waals surface area (Å²) in [7, 11) is 0. The second-order valence-corrected chi connectivity index (χ2v) is 3.97. The first-order chi connectivity index (χ1) is 7.09. The number of hydrogen-bond acceptors (Lipinski definition) is 3. The zero-order valence-corrected chi connectivity index (χ0v) is 9.19. The SMILES string of the molecule is CC(C)n1ncc2cc(Cl)ncc2c1=O. The molecule has 4 nitrogen and oxygen atoms in total. The molecule has 0 aliphatic heterocycles. The maximum absolute atomic E-state index is 11.9. The van der Waals surface area contributed by atoms with E-state index in [4.69, 9.17) is 11.6 Å². The molecule has 0 fully saturated rings. The van der Waals surface area contributed by atoms with Gasteiger partial charge in [0.1, 0.15) is 5.15 Å². The molecule has 78 valence electrons. The Balaban J connectivity index is 2.80. The fraction of sp³-hybridized carbons (Fsp3) is 0.300. The van der Waals surface area contributed by atoms with Gasteiger partial charge in [0, 0.05) is 11.6 Å². The van der Waals surface area contributed by atoms with E-state index >= 15 is 0 Å². The molecule has 0 aromatic carbocycles. The van der Waals surface area contributed by atoms with Gasteiger partial charge in [-0.15, -0.1) is 0 Å². The van der Waals surface area contributed by atoms with Crippen molar-refractivity contribution >= 4 is 22.4 Å². The van der Waals surface area contributed by atoms with Gasteiger partial charge in [-0.2, -0.15) is 5.10 Å². The molecular formula is C10H10ClN3O. The Morgan fingerprint density at radius 2 is 2.13 bits per heavy atom. The molecule has 0 bridgehead atoms. The van der Waals surface area contributed by atoms with E-state index in [1.807, 2.05) is 13.8 Å². The normalized spacial score (nSPS) is 11.2. The van der Waals surface area contributed by atoms with Crippen molar-refractivity contribution in [1.29, 1.82) is 0 Å². The smallest absolute Gasteiger partial charge is 0.267 e. The summed E-state index contributed by atoms with van der Waals surface area (Å²) in [6, 6.07) is 1.67. The van der Waals surface area contributed by atoms with Crippen molar-refractivity contribution in [2.24, 2.45) is 0 Å². The van der Waals surface area contributed by atoms with Crippen LogP contribution in [0.15, 0.2) is 23.3 Å². The minimum atomic E-state index is -0.133. The molecule has 5 heteroatoms. The van der Waals surface area contributed by atoms with Crippen molar-refractivity contribution in [3.8, 4) is 0 Å². The third kappa shape index (κ3) is 1.72. The lowest BCUT2D eigenvalue weighted by Gasteiger charge is -2.08. The monoisotopic (exact) mass is 223 g/mol. The molecule has 0 radical (unpaired) electrons. The van der Waals surface area contributed by atoms with Crippen molar-refractivity contribution in [3.63, 3.8) is 0 Å². The van der Waals surface area contributed by atoms with E-state index in [9.17, 15) is 4.79 Å². The van der Waals surface area contributed by atoms with Gasteiger partial charge >= 0.3 is 0 Å². The number of aromatic nitrogens is 3. The predicted molar refractivity (Wildman–Crippen MR) is 59.2 cm³/mol. The molecule has 0 N–H and O–H groups in total. The van der Waals surface area contributed by atoms with Crippen LogP contribution in [0.2, 0.25) is 5.15 Å². The highest BCUT2D eigenvalue weighted by Gasteiger charge is 2.07. The first kappa shape index (κ1) is 10.1. The summed E-state index contributed by atoms with van der Waals surface area (Å²) in [6.45, 7) is 3.81. The van der Waals surface area contributed by atoms with Crippen LogP contribution in [0.1, 0.15) is 19.9 Å². The summed E-state index contributed by atoms with van der Waals surface area (Å²) in [4.78, 5) is 15.8. The number of pyridine rings is 1. The average Bonchev–Trinajstić information content (AvgIpc) is 2.17. The molecule has 2 heterocycles. The number of hydrogen-bond donors (Lipinski definition) is 0. The molecular weight excluding hydrogens is 214 g/mol. The molecule has 0 saturated heterocycles. The minimum absolute atomic E-state index is 0.0394. The van der Waals surface area contributed by atoms with E-state index in [1.54, 1.807) is 12.3 Å². The lowest BCUT2D eigenvalue weighted by atomic mass is 10.2. The van der Waals surface area contributed by atoms with Crippen molar-refractivity contribution < 1.29 is 0 Å². The molecule has 0 atom stereocenters. The van der Waals surface area contributed by atoms with Crippen LogP contribution >= 0.6 is 11.6 Å². The Bertz CT molecular complexity index is 562. The number of rotatable bonds is 1. The maximum atomic E-state index is 11.9. The molecule has 0 aliphatic carbocycles. The third-order valence-corrected chi connectivity index (χ3v) is 2.36. The van der Waals surface area contributed by atoms with Crippen LogP contribution in [-0.2, 0) is 0 Å². The van der Waals surface area contributed by atoms with Gasteiger partial charge in [-0.25, -0.2) is 9.67 Å². The summed E-state index contributed by atoms with van der Waals surface area (Å²) in [6.07, 6.45) is 3.12. The molecule has 2 aromatic rings. The van der Waals surface area contributed by atoms with Crippen molar-refractivity contribution in [1.82, 2.24) is 14.8 Å². The molecule has 0 amide bonds. The Morgan fingerprint density at radius 1 is 1.40 bits per heavy atom. The van der Waals surface area contributed by atoms with Gasteiger partial charge in [0.15, 0.2) is 0 Å². The Hall–Kier alpha value is -1.42. The van der Waals surface area contributed by atoms with Gasteiger partial charge in [0.2, 0.25) is 0 Å². The van der Waals surface area contributed by atoms with Crippen molar-refractivity contribution in [3.05, 3.63) is 34.0 Å². The van der Waals surface area contributed by atoms with E-state index in [2.05, 4.69) is 10.1 Å². The Kier molecular flexibility index (Phi) is 2.44. The summed E-state index contributed by atoms with van der Waals surface area (Å²) in [5.41, 5.74) is -0.133. The van der Waals surface area contributed by atoms with Crippen LogP contribution in [0.4, 0.5) is 0 Å². The topological polar surface area (TPSA) is 47.8 Å². The number of nitrogens with zero attached hydrogens (tertiary/aromatic N) is 3. The second kappa shape index (κ2) is 3.62. The number of halogens is 1. The van der Waals surface area contributed by atoms with Crippen LogP contribution in [0.5, 0.6) is 0 Å². The standard InChI is InChI=1S/C10H10ClN3O/c1-6(2)14-10(15)8-5-12-9(11)3-7(8)4-13-14/h3-6H,1-2H3. The average molecular weight is 224 g/mol. The Morgan fingerprint density at radius 3 is 2.80 bits per heavy atom. The summed E-state index contributed by atoms with van der Waals surface area (Å²) < 4.78 is 1.43. The predicted octanol–water partition coefficient (Wildman–Crippen LogP) is 2.03. The zero-order valence-electron chi connectivity index (χ0n) is 8.44. The lowest BCUT2D eigenvalue weighted by Crippen LogP contribution is -2.24. The van der Waals surface area contributed by atoms with Gasteiger partial charge in [0.05, 0.1) is 17.6 Å². The van der Waals surface area contributed by atoms with Crippen LogP contribution < -0.4 is 5.56 Å². The van der Waals surface area contributed by atoms with Crippen LogP contribution in [-0.4, -0.2) is 14.8 Å². The zero-order chi connectivity index (χ0) is 11.0. The highest BCUT2D eigenvalue weighted by atomic mass is 35.5. The first-order valence-electron chi connectivity index (χ1n) is 4.62. The van der Waals surface area contributed by atoms with Crippen LogP contribution in [0, 0.1) is 0 Å². The quantitative estimate of drug-likeness (QED) is 0.695. The van der Waals surface area contributed by atoms with Gasteiger partial charge in [-0.1, -0.05) is 11.6 Å². The second-order valence-electron chi connectivity index (χ2n) is 3.58. The molecule has 0 spiro atoms.